The molecule has 1 heterocycles. The minimum Gasteiger partial charge on any atom is -0.495 e. The third kappa shape index (κ3) is 4.86. The molecule has 0 spiro atoms. The van der Waals surface area contributed by atoms with E-state index in [-0.39, 0.29) is 18.9 Å². The Labute approximate surface area is 173 Å². The summed E-state index contributed by atoms with van der Waals surface area (Å²) in [5, 5.41) is 2.96. The first kappa shape index (κ1) is 20.7. The Balaban J connectivity index is 1.59. The quantitative estimate of drug-likeness (QED) is 0.731. The molecule has 2 aromatic rings. The van der Waals surface area contributed by atoms with E-state index in [1.165, 1.54) is 12.0 Å². The SMILES string of the molecule is COc1ccc(C)cc1N1C[C@H](C(=O)OCC(=O)Nc2ccccc2Cl)CC1=O. The van der Waals surface area contributed by atoms with E-state index in [1.807, 2.05) is 19.1 Å². The second kappa shape index (κ2) is 8.96. The Kier molecular flexibility index (Phi) is 6.39. The fourth-order valence-electron chi connectivity index (χ4n) is 3.11. The van der Waals surface area contributed by atoms with Crippen LogP contribution in [0.5, 0.6) is 5.75 Å². The number of halogens is 1. The molecule has 3 rings (SSSR count). The number of anilines is 2. The van der Waals surface area contributed by atoms with Crippen molar-refractivity contribution in [2.45, 2.75) is 13.3 Å². The van der Waals surface area contributed by atoms with Gasteiger partial charge < -0.3 is 19.7 Å². The number of nitrogens with one attached hydrogen (secondary N) is 1. The number of carbonyl (C=O) groups is 3. The molecule has 1 atom stereocenters. The molecule has 0 saturated carbocycles. The molecule has 0 aliphatic carbocycles. The molecule has 2 amide bonds. The molecule has 1 saturated heterocycles. The van der Waals surface area contributed by atoms with Crippen LogP contribution in [-0.4, -0.2) is 38.0 Å². The van der Waals surface area contributed by atoms with Crippen LogP contribution in [-0.2, 0) is 19.1 Å². The van der Waals surface area contributed by atoms with Gasteiger partial charge in [-0.15, -0.1) is 0 Å². The lowest BCUT2D eigenvalue weighted by atomic mass is 10.1. The van der Waals surface area contributed by atoms with Crippen molar-refractivity contribution in [2.75, 3.05) is 30.5 Å². The lowest BCUT2D eigenvalue weighted by Crippen LogP contribution is -2.28. The summed E-state index contributed by atoms with van der Waals surface area (Å²) in [6.07, 6.45) is 0.0159. The minimum absolute atomic E-state index is 0.0159. The number of esters is 1. The number of hydrogen-bond donors (Lipinski definition) is 1. The van der Waals surface area contributed by atoms with E-state index >= 15 is 0 Å². The fourth-order valence-corrected chi connectivity index (χ4v) is 3.30. The van der Waals surface area contributed by atoms with E-state index in [0.29, 0.717) is 22.1 Å². The molecule has 152 valence electrons. The first-order valence-electron chi connectivity index (χ1n) is 9.05. The van der Waals surface area contributed by atoms with E-state index < -0.39 is 24.4 Å². The normalized spacial score (nSPS) is 15.9. The summed E-state index contributed by atoms with van der Waals surface area (Å²) in [5.74, 6) is -1.40. The van der Waals surface area contributed by atoms with Crippen LogP contribution in [0.4, 0.5) is 11.4 Å². The lowest BCUT2D eigenvalue weighted by Gasteiger charge is -2.20. The van der Waals surface area contributed by atoms with Gasteiger partial charge in [0.2, 0.25) is 5.91 Å². The molecular formula is C21H21ClN2O5. The van der Waals surface area contributed by atoms with E-state index in [2.05, 4.69) is 5.32 Å². The van der Waals surface area contributed by atoms with Gasteiger partial charge >= 0.3 is 5.97 Å². The van der Waals surface area contributed by atoms with E-state index in [1.54, 1.807) is 30.3 Å². The van der Waals surface area contributed by atoms with Crippen molar-refractivity contribution >= 4 is 40.8 Å². The number of para-hydroxylation sites is 1. The number of benzene rings is 2. The summed E-state index contributed by atoms with van der Waals surface area (Å²) in [5.41, 5.74) is 2.02. The molecular weight excluding hydrogens is 396 g/mol. The van der Waals surface area contributed by atoms with E-state index in [9.17, 15) is 14.4 Å². The minimum atomic E-state index is -0.652. The molecule has 2 aromatic carbocycles. The summed E-state index contributed by atoms with van der Waals surface area (Å²) >= 11 is 5.99. The van der Waals surface area contributed by atoms with Crippen molar-refractivity contribution in [1.82, 2.24) is 0 Å². The first-order valence-corrected chi connectivity index (χ1v) is 9.43. The summed E-state index contributed by atoms with van der Waals surface area (Å²) in [7, 11) is 1.53. The predicted octanol–water partition coefficient (Wildman–Crippen LogP) is 3.19. The lowest BCUT2D eigenvalue weighted by molar-refractivity contribution is -0.151. The maximum absolute atomic E-state index is 12.5. The average Bonchev–Trinajstić information content (AvgIpc) is 3.09. The molecule has 0 radical (unpaired) electrons. The zero-order valence-electron chi connectivity index (χ0n) is 16.1. The molecule has 8 heteroatoms. The van der Waals surface area contributed by atoms with Crippen LogP contribution in [0.2, 0.25) is 5.02 Å². The highest BCUT2D eigenvalue weighted by Crippen LogP contribution is 2.34. The van der Waals surface area contributed by atoms with Gasteiger partial charge in [-0.05, 0) is 36.8 Å². The number of rotatable bonds is 6. The Bertz CT molecular complexity index is 946. The van der Waals surface area contributed by atoms with Gasteiger partial charge in [-0.25, -0.2) is 0 Å². The van der Waals surface area contributed by atoms with Crippen LogP contribution < -0.4 is 15.0 Å². The molecule has 1 N–H and O–H groups in total. The fraction of sp³-hybridized carbons (Fsp3) is 0.286. The topological polar surface area (TPSA) is 84.9 Å². The van der Waals surface area contributed by atoms with Crippen LogP contribution in [0, 0.1) is 12.8 Å². The molecule has 1 fully saturated rings. The molecule has 29 heavy (non-hydrogen) atoms. The summed E-state index contributed by atoms with van der Waals surface area (Å²) < 4.78 is 10.4. The van der Waals surface area contributed by atoms with Crippen LogP contribution in [0.3, 0.4) is 0 Å². The third-order valence-corrected chi connectivity index (χ3v) is 4.91. The first-order chi connectivity index (χ1) is 13.9. The second-order valence-corrected chi connectivity index (χ2v) is 7.12. The van der Waals surface area contributed by atoms with E-state index in [4.69, 9.17) is 21.1 Å². The Morgan fingerprint density at radius 2 is 2.00 bits per heavy atom. The van der Waals surface area contributed by atoms with Crippen molar-refractivity contribution in [1.29, 1.82) is 0 Å². The summed E-state index contributed by atoms with van der Waals surface area (Å²) in [6.45, 7) is 1.62. The van der Waals surface area contributed by atoms with Gasteiger partial charge in [0.25, 0.3) is 5.91 Å². The van der Waals surface area contributed by atoms with Gasteiger partial charge in [0, 0.05) is 13.0 Å². The highest BCUT2D eigenvalue weighted by atomic mass is 35.5. The van der Waals surface area contributed by atoms with Gasteiger partial charge in [-0.1, -0.05) is 29.8 Å². The van der Waals surface area contributed by atoms with Gasteiger partial charge in [0.05, 0.1) is 29.4 Å². The third-order valence-electron chi connectivity index (χ3n) is 4.58. The number of ether oxygens (including phenoxy) is 2. The molecule has 1 aliphatic heterocycles. The van der Waals surface area contributed by atoms with Gasteiger partial charge in [-0.3, -0.25) is 14.4 Å². The largest absolute Gasteiger partial charge is 0.495 e. The van der Waals surface area contributed by atoms with E-state index in [0.717, 1.165) is 5.56 Å². The van der Waals surface area contributed by atoms with Crippen LogP contribution in [0.1, 0.15) is 12.0 Å². The second-order valence-electron chi connectivity index (χ2n) is 6.72. The van der Waals surface area contributed by atoms with Crippen molar-refractivity contribution in [3.63, 3.8) is 0 Å². The Hall–Kier alpha value is -3.06. The number of hydrogen-bond acceptors (Lipinski definition) is 5. The number of carbonyl (C=O) groups excluding carboxylic acids is 3. The monoisotopic (exact) mass is 416 g/mol. The van der Waals surface area contributed by atoms with Gasteiger partial charge in [0.15, 0.2) is 6.61 Å². The van der Waals surface area contributed by atoms with Crippen molar-refractivity contribution in [3.8, 4) is 5.75 Å². The van der Waals surface area contributed by atoms with Crippen LogP contribution >= 0.6 is 11.6 Å². The highest BCUT2D eigenvalue weighted by molar-refractivity contribution is 6.33. The summed E-state index contributed by atoms with van der Waals surface area (Å²) in [6, 6.07) is 12.2. The predicted molar refractivity (Wildman–Crippen MR) is 109 cm³/mol. The smallest absolute Gasteiger partial charge is 0.311 e. The number of methoxy groups -OCH3 is 1. The number of nitrogens with zero attached hydrogens (tertiary/aromatic N) is 1. The highest BCUT2D eigenvalue weighted by Gasteiger charge is 2.37. The molecule has 0 aromatic heterocycles. The summed E-state index contributed by atoms with van der Waals surface area (Å²) in [4.78, 5) is 38.4. The molecule has 0 bridgehead atoms. The molecule has 0 unspecified atom stereocenters. The van der Waals surface area contributed by atoms with Crippen molar-refractivity contribution in [2.24, 2.45) is 5.92 Å². The maximum atomic E-state index is 12.5. The maximum Gasteiger partial charge on any atom is 0.311 e. The Morgan fingerprint density at radius 1 is 1.24 bits per heavy atom. The van der Waals surface area contributed by atoms with Crippen LogP contribution in [0.25, 0.3) is 0 Å². The number of aryl methyl sites for hydroxylation is 1. The zero-order chi connectivity index (χ0) is 21.0. The van der Waals surface area contributed by atoms with Crippen molar-refractivity contribution in [3.05, 3.63) is 53.1 Å². The molecule has 7 nitrogen and oxygen atoms in total. The van der Waals surface area contributed by atoms with Crippen LogP contribution in [0.15, 0.2) is 42.5 Å². The zero-order valence-corrected chi connectivity index (χ0v) is 16.9. The molecule has 1 aliphatic rings. The Morgan fingerprint density at radius 3 is 2.72 bits per heavy atom. The van der Waals surface area contributed by atoms with Crippen molar-refractivity contribution < 1.29 is 23.9 Å². The van der Waals surface area contributed by atoms with Gasteiger partial charge in [0.1, 0.15) is 5.75 Å². The number of amides is 2. The standard InChI is InChI=1S/C21H21ClN2O5/c1-13-7-8-18(28-2)17(9-13)24-11-14(10-20(24)26)21(27)29-12-19(25)23-16-6-4-3-5-15(16)22/h3-9,14H,10-12H2,1-2H3,(H,23,25)/t14-/m1/s1. The van der Waals surface area contributed by atoms with Gasteiger partial charge in [-0.2, -0.15) is 0 Å². The average molecular weight is 417 g/mol.